The molecular formula is C36H39BN2Si. The van der Waals surface area contributed by atoms with E-state index in [0.717, 1.165) is 12.2 Å². The van der Waals surface area contributed by atoms with Crippen molar-refractivity contribution >= 4 is 27.2 Å². The Morgan fingerprint density at radius 2 is 1.27 bits per heavy atom. The van der Waals surface area contributed by atoms with Gasteiger partial charge in [-0.2, -0.15) is 0 Å². The molecule has 0 spiro atoms. The van der Waals surface area contributed by atoms with Gasteiger partial charge in [-0.05, 0) is 17.5 Å². The zero-order valence-electron chi connectivity index (χ0n) is 23.5. The van der Waals surface area contributed by atoms with Crippen molar-refractivity contribution < 1.29 is 0 Å². The molecule has 1 aliphatic carbocycles. The molecule has 4 aromatic carbocycles. The summed E-state index contributed by atoms with van der Waals surface area (Å²) in [5.74, 6) is 0.866. The molecular weight excluding hydrogens is 499 g/mol. The quantitative estimate of drug-likeness (QED) is 0.184. The van der Waals surface area contributed by atoms with Crippen LogP contribution in [-0.2, 0) is 5.16 Å². The molecule has 40 heavy (non-hydrogen) atoms. The average molecular weight is 539 g/mol. The highest BCUT2D eigenvalue weighted by molar-refractivity contribution is 6.86. The lowest BCUT2D eigenvalue weighted by Gasteiger charge is -2.36. The number of allylic oxidation sites excluding steroid dienone is 1. The van der Waals surface area contributed by atoms with Gasteiger partial charge in [0, 0.05) is 12.4 Å². The van der Waals surface area contributed by atoms with Crippen LogP contribution < -0.4 is 10.9 Å². The molecule has 0 atom stereocenters. The third-order valence-corrected chi connectivity index (χ3v) is 10.2. The standard InChI is InChI=1S/C21H24N2Si.C15H15B/c1-2-3-10-17-24-21(23-16-15-22-18-23,19-11-6-4-7-12-19)20-13-8-5-9-14-20;1-3-7-13(8-4-1)16(15-11-12-15)14-9-5-2-6-10-14/h4-18H,2-3,24H2,1H3;1-10,15H,11-12H2. The van der Waals surface area contributed by atoms with Crippen LogP contribution in [0.5, 0.6) is 0 Å². The smallest absolute Gasteiger partial charge is 0.212 e. The van der Waals surface area contributed by atoms with Crippen LogP contribution in [0.3, 0.4) is 0 Å². The second-order valence-electron chi connectivity index (χ2n) is 10.7. The van der Waals surface area contributed by atoms with Crippen molar-refractivity contribution in [2.45, 2.75) is 43.6 Å². The Hall–Kier alpha value is -3.89. The molecule has 200 valence electrons. The first kappa shape index (κ1) is 27.7. The summed E-state index contributed by atoms with van der Waals surface area (Å²) in [5, 5.41) is -0.136. The molecule has 0 bridgehead atoms. The molecule has 1 aromatic heterocycles. The summed E-state index contributed by atoms with van der Waals surface area (Å²) in [7, 11) is -0.625. The van der Waals surface area contributed by atoms with Crippen molar-refractivity contribution in [3.63, 3.8) is 0 Å². The Bertz CT molecular complexity index is 1340. The monoisotopic (exact) mass is 538 g/mol. The second-order valence-corrected chi connectivity index (χ2v) is 12.6. The van der Waals surface area contributed by atoms with Crippen molar-refractivity contribution in [2.75, 3.05) is 0 Å². The topological polar surface area (TPSA) is 17.8 Å². The predicted octanol–water partition coefficient (Wildman–Crippen LogP) is 6.57. The van der Waals surface area contributed by atoms with Gasteiger partial charge in [-0.25, -0.2) is 4.98 Å². The Morgan fingerprint density at radius 3 is 1.70 bits per heavy atom. The van der Waals surface area contributed by atoms with Gasteiger partial charge in [0.25, 0.3) is 0 Å². The fourth-order valence-electron chi connectivity index (χ4n) is 5.74. The van der Waals surface area contributed by atoms with Crippen molar-refractivity contribution in [2.24, 2.45) is 0 Å². The van der Waals surface area contributed by atoms with Gasteiger partial charge in [-0.3, -0.25) is 0 Å². The highest BCUT2D eigenvalue weighted by atomic mass is 28.2. The van der Waals surface area contributed by atoms with E-state index in [2.05, 4.69) is 156 Å². The number of hydrogen-bond acceptors (Lipinski definition) is 1. The third kappa shape index (κ3) is 6.63. The lowest BCUT2D eigenvalue weighted by Crippen LogP contribution is -2.42. The summed E-state index contributed by atoms with van der Waals surface area (Å²) in [6, 6.07) is 43.5. The largest absolute Gasteiger partial charge is 0.326 e. The van der Waals surface area contributed by atoms with Crippen molar-refractivity contribution in [1.29, 1.82) is 0 Å². The maximum absolute atomic E-state index is 4.34. The maximum Gasteiger partial charge on any atom is 0.212 e. The van der Waals surface area contributed by atoms with Crippen LogP contribution in [0.2, 0.25) is 5.82 Å². The molecule has 5 aromatic rings. The fourth-order valence-corrected chi connectivity index (χ4v) is 7.83. The number of rotatable bonds is 10. The van der Waals surface area contributed by atoms with E-state index in [9.17, 15) is 0 Å². The lowest BCUT2D eigenvalue weighted by molar-refractivity contribution is 0.596. The SMILES string of the molecule is CCCC=C[SiH2]C(c1ccccc1)(c1ccccc1)n1ccnc1.c1ccc(B(c2ccccc2)C2CC2)cc1. The van der Waals surface area contributed by atoms with Gasteiger partial charge in [0.1, 0.15) is 0 Å². The Balaban J connectivity index is 0.000000174. The molecule has 0 saturated heterocycles. The van der Waals surface area contributed by atoms with Gasteiger partial charge in [0.05, 0.1) is 21.0 Å². The molecule has 1 fully saturated rings. The highest BCUT2D eigenvalue weighted by Crippen LogP contribution is 2.38. The van der Waals surface area contributed by atoms with Crippen LogP contribution in [0.25, 0.3) is 0 Å². The number of aromatic nitrogens is 2. The fraction of sp³-hybridized carbons (Fsp3) is 0.194. The average Bonchev–Trinajstić information content (AvgIpc) is 3.70. The summed E-state index contributed by atoms with van der Waals surface area (Å²) >= 11 is 0. The first-order chi connectivity index (χ1) is 19.8. The second kappa shape index (κ2) is 14.0. The minimum atomic E-state index is -0.625. The molecule has 0 aliphatic heterocycles. The molecule has 0 radical (unpaired) electrons. The molecule has 0 N–H and O–H groups in total. The van der Waals surface area contributed by atoms with Crippen molar-refractivity contribution in [1.82, 2.24) is 9.55 Å². The van der Waals surface area contributed by atoms with Crippen LogP contribution in [0.4, 0.5) is 0 Å². The van der Waals surface area contributed by atoms with E-state index in [-0.39, 0.29) is 5.16 Å². The van der Waals surface area contributed by atoms with E-state index >= 15 is 0 Å². The zero-order valence-corrected chi connectivity index (χ0v) is 24.9. The van der Waals surface area contributed by atoms with E-state index in [1.165, 1.54) is 41.3 Å². The summed E-state index contributed by atoms with van der Waals surface area (Å²) < 4.78 is 2.29. The first-order valence-corrected chi connectivity index (χ1v) is 16.2. The number of nitrogens with zero attached hydrogens (tertiary/aromatic N) is 2. The number of imidazole rings is 1. The third-order valence-electron chi connectivity index (χ3n) is 7.89. The molecule has 2 nitrogen and oxygen atoms in total. The minimum Gasteiger partial charge on any atom is -0.326 e. The highest BCUT2D eigenvalue weighted by Gasteiger charge is 2.36. The van der Waals surface area contributed by atoms with Crippen LogP contribution in [0, 0.1) is 0 Å². The molecule has 4 heteroatoms. The molecule has 1 saturated carbocycles. The molecule has 0 unspecified atom stereocenters. The van der Waals surface area contributed by atoms with E-state index in [1.54, 1.807) is 0 Å². The molecule has 1 aliphatic rings. The summed E-state index contributed by atoms with van der Waals surface area (Å²) in [6.07, 6.45) is 13.4. The van der Waals surface area contributed by atoms with Crippen LogP contribution in [0.15, 0.2) is 152 Å². The van der Waals surface area contributed by atoms with Gasteiger partial charge in [-0.15, -0.1) is 5.70 Å². The van der Waals surface area contributed by atoms with Crippen molar-refractivity contribution in [3.8, 4) is 0 Å². The zero-order chi connectivity index (χ0) is 27.5. The minimum absolute atomic E-state index is 0.136. The summed E-state index contributed by atoms with van der Waals surface area (Å²) in [5.41, 5.74) is 8.06. The van der Waals surface area contributed by atoms with E-state index in [0.29, 0.717) is 6.71 Å². The van der Waals surface area contributed by atoms with Gasteiger partial charge in [0.2, 0.25) is 6.71 Å². The van der Waals surface area contributed by atoms with Crippen LogP contribution in [0.1, 0.15) is 43.7 Å². The van der Waals surface area contributed by atoms with E-state index < -0.39 is 9.52 Å². The van der Waals surface area contributed by atoms with Gasteiger partial charge in [-0.1, -0.05) is 170 Å². The molecule has 1 heterocycles. The van der Waals surface area contributed by atoms with Crippen molar-refractivity contribution in [3.05, 3.63) is 163 Å². The summed E-state index contributed by atoms with van der Waals surface area (Å²) in [4.78, 5) is 4.34. The maximum atomic E-state index is 4.34. The van der Waals surface area contributed by atoms with Gasteiger partial charge >= 0.3 is 0 Å². The predicted molar refractivity (Wildman–Crippen MR) is 175 cm³/mol. The van der Waals surface area contributed by atoms with Crippen LogP contribution in [-0.4, -0.2) is 25.8 Å². The lowest BCUT2D eigenvalue weighted by atomic mass is 9.37. The Morgan fingerprint density at radius 1 is 0.775 bits per heavy atom. The normalized spacial score (nSPS) is 13.3. The Kier molecular flexibility index (Phi) is 9.65. The van der Waals surface area contributed by atoms with Gasteiger partial charge in [0.15, 0.2) is 0 Å². The first-order valence-electron chi connectivity index (χ1n) is 14.7. The van der Waals surface area contributed by atoms with E-state index in [4.69, 9.17) is 0 Å². The Labute approximate surface area is 242 Å². The van der Waals surface area contributed by atoms with Crippen LogP contribution >= 0.6 is 0 Å². The number of benzene rings is 4. The summed E-state index contributed by atoms with van der Waals surface area (Å²) in [6.45, 7) is 2.84. The number of unbranched alkanes of at least 4 members (excludes halogenated alkanes) is 1. The molecule has 6 rings (SSSR count). The van der Waals surface area contributed by atoms with Gasteiger partial charge < -0.3 is 4.57 Å². The van der Waals surface area contributed by atoms with E-state index in [1.807, 2.05) is 12.5 Å². The molecule has 0 amide bonds. The number of hydrogen-bond donors (Lipinski definition) is 0.